The van der Waals surface area contributed by atoms with E-state index >= 15 is 0 Å². The molecule has 0 aliphatic heterocycles. The minimum absolute atomic E-state index is 0.119. The van der Waals surface area contributed by atoms with Gasteiger partial charge in [-0.05, 0) is 6.92 Å². The summed E-state index contributed by atoms with van der Waals surface area (Å²) in [5.41, 5.74) is -0.328. The average molecular weight is 261 g/mol. The fourth-order valence-electron chi connectivity index (χ4n) is 1.40. The van der Waals surface area contributed by atoms with Gasteiger partial charge < -0.3 is 9.84 Å². The Kier molecular flexibility index (Phi) is 5.23. The van der Waals surface area contributed by atoms with Crippen molar-refractivity contribution in [1.29, 1.82) is 5.26 Å². The van der Waals surface area contributed by atoms with E-state index in [4.69, 9.17) is 10.4 Å². The van der Waals surface area contributed by atoms with E-state index < -0.39 is 18.0 Å². The molecule has 1 rings (SSSR count). The molecule has 0 aliphatic rings. The first-order valence-corrected chi connectivity index (χ1v) is 5.57. The quantitative estimate of drug-likeness (QED) is 0.363. The van der Waals surface area contributed by atoms with Crippen molar-refractivity contribution >= 4 is 11.9 Å². The van der Waals surface area contributed by atoms with E-state index in [1.807, 2.05) is 0 Å². The van der Waals surface area contributed by atoms with Crippen molar-refractivity contribution in [3.8, 4) is 6.07 Å². The lowest BCUT2D eigenvalue weighted by Gasteiger charge is -2.04. The van der Waals surface area contributed by atoms with Gasteiger partial charge in [0.25, 0.3) is 6.04 Å². The fourth-order valence-corrected chi connectivity index (χ4v) is 1.40. The lowest BCUT2D eigenvalue weighted by molar-refractivity contribution is -0.700. The predicted octanol–water partition coefficient (Wildman–Crippen LogP) is 0.613. The van der Waals surface area contributed by atoms with Gasteiger partial charge in [-0.2, -0.15) is 9.83 Å². The Morgan fingerprint density at radius 1 is 1.42 bits per heavy atom. The molecule has 6 heteroatoms. The van der Waals surface area contributed by atoms with Crippen LogP contribution >= 0.6 is 0 Å². The van der Waals surface area contributed by atoms with Gasteiger partial charge in [0.1, 0.15) is 11.6 Å². The minimum atomic E-state index is -1.17. The van der Waals surface area contributed by atoms with E-state index in [-0.39, 0.29) is 12.2 Å². The van der Waals surface area contributed by atoms with Gasteiger partial charge in [-0.3, -0.25) is 0 Å². The van der Waals surface area contributed by atoms with Crippen LogP contribution in [0.3, 0.4) is 0 Å². The highest BCUT2D eigenvalue weighted by atomic mass is 16.5. The summed E-state index contributed by atoms with van der Waals surface area (Å²) in [4.78, 5) is 22.7. The molecule has 0 bridgehead atoms. The number of carbonyl (C=O) groups is 2. The predicted molar refractivity (Wildman–Crippen MR) is 63.6 cm³/mol. The number of aliphatic carboxylic acids is 1. The standard InChI is InChI=1S/C13H12N2O4/c1-2-19-13(18)10(9-14)8-11(12(16)17)15-6-4-3-5-7-15/h3-8,11H,2H2,1H3/p+1/b10-8+. The summed E-state index contributed by atoms with van der Waals surface area (Å²) < 4.78 is 6.05. The van der Waals surface area contributed by atoms with Gasteiger partial charge in [0.15, 0.2) is 12.4 Å². The van der Waals surface area contributed by atoms with Crippen molar-refractivity contribution in [3.63, 3.8) is 0 Å². The van der Waals surface area contributed by atoms with Crippen LogP contribution < -0.4 is 4.57 Å². The van der Waals surface area contributed by atoms with Crippen molar-refractivity contribution < 1.29 is 24.0 Å². The topological polar surface area (TPSA) is 91.3 Å². The molecule has 1 aromatic rings. The Hall–Kier alpha value is -2.68. The summed E-state index contributed by atoms with van der Waals surface area (Å²) in [7, 11) is 0. The van der Waals surface area contributed by atoms with E-state index in [1.54, 1.807) is 31.2 Å². The van der Waals surface area contributed by atoms with Gasteiger partial charge in [-0.15, -0.1) is 0 Å². The SMILES string of the molecule is CCOC(=O)/C(C#N)=C/C(C(=O)O)[n+]1ccccc1. The van der Waals surface area contributed by atoms with Gasteiger partial charge in [0, 0.05) is 18.2 Å². The molecule has 1 unspecified atom stereocenters. The number of hydrogen-bond acceptors (Lipinski definition) is 4. The van der Waals surface area contributed by atoms with Crippen LogP contribution in [0.2, 0.25) is 0 Å². The number of carbonyl (C=O) groups excluding carboxylic acids is 1. The van der Waals surface area contributed by atoms with E-state index in [0.29, 0.717) is 0 Å². The Bertz CT molecular complexity index is 531. The first kappa shape index (κ1) is 14.4. The van der Waals surface area contributed by atoms with E-state index in [0.717, 1.165) is 6.08 Å². The molecular formula is C13H13N2O4+. The second-order valence-electron chi connectivity index (χ2n) is 3.52. The van der Waals surface area contributed by atoms with Crippen molar-refractivity contribution in [3.05, 3.63) is 42.2 Å². The van der Waals surface area contributed by atoms with Crippen molar-refractivity contribution in [2.75, 3.05) is 6.61 Å². The number of nitriles is 1. The molecule has 1 atom stereocenters. The lowest BCUT2D eigenvalue weighted by atomic mass is 10.1. The maximum absolute atomic E-state index is 11.4. The highest BCUT2D eigenvalue weighted by molar-refractivity contribution is 5.93. The monoisotopic (exact) mass is 261 g/mol. The summed E-state index contributed by atoms with van der Waals surface area (Å²) in [6.45, 7) is 1.72. The smallest absolute Gasteiger partial charge is 0.377 e. The third kappa shape index (κ3) is 3.92. The summed E-state index contributed by atoms with van der Waals surface area (Å²) in [6.07, 6.45) is 4.14. The average Bonchev–Trinajstić information content (AvgIpc) is 2.40. The molecular weight excluding hydrogens is 248 g/mol. The molecule has 0 aliphatic carbocycles. The van der Waals surface area contributed by atoms with E-state index in [2.05, 4.69) is 4.74 Å². The van der Waals surface area contributed by atoms with Crippen LogP contribution in [0.1, 0.15) is 13.0 Å². The van der Waals surface area contributed by atoms with E-state index in [1.165, 1.54) is 17.0 Å². The summed E-state index contributed by atoms with van der Waals surface area (Å²) in [5.74, 6) is -2.00. The van der Waals surface area contributed by atoms with Gasteiger partial charge in [0.05, 0.1) is 6.61 Å². The molecule has 0 aromatic carbocycles. The summed E-state index contributed by atoms with van der Waals surface area (Å²) in [5, 5.41) is 18.0. The largest absolute Gasteiger partial charge is 0.476 e. The molecule has 0 amide bonds. The third-order valence-corrected chi connectivity index (χ3v) is 2.25. The van der Waals surface area contributed by atoms with Crippen molar-refractivity contribution in [1.82, 2.24) is 0 Å². The van der Waals surface area contributed by atoms with Crippen LogP contribution in [0.15, 0.2) is 42.2 Å². The number of esters is 1. The zero-order valence-electron chi connectivity index (χ0n) is 10.3. The Balaban J connectivity index is 3.11. The van der Waals surface area contributed by atoms with Gasteiger partial charge in [-0.25, -0.2) is 9.59 Å². The zero-order valence-corrected chi connectivity index (χ0v) is 10.3. The van der Waals surface area contributed by atoms with Crippen LogP contribution in [0.25, 0.3) is 0 Å². The maximum Gasteiger partial charge on any atom is 0.377 e. The van der Waals surface area contributed by atoms with Crippen LogP contribution in [0, 0.1) is 11.3 Å². The molecule has 1 heterocycles. The molecule has 0 saturated heterocycles. The van der Waals surface area contributed by atoms with Gasteiger partial charge in [0.2, 0.25) is 0 Å². The van der Waals surface area contributed by atoms with Crippen LogP contribution in [-0.4, -0.2) is 23.7 Å². The number of carboxylic acids is 1. The Morgan fingerprint density at radius 2 is 2.05 bits per heavy atom. The first-order valence-electron chi connectivity index (χ1n) is 5.57. The number of hydrogen-bond donors (Lipinski definition) is 1. The van der Waals surface area contributed by atoms with Crippen molar-refractivity contribution in [2.45, 2.75) is 13.0 Å². The maximum atomic E-state index is 11.4. The molecule has 19 heavy (non-hydrogen) atoms. The van der Waals surface area contributed by atoms with Gasteiger partial charge in [-0.1, -0.05) is 6.07 Å². The number of rotatable bonds is 5. The van der Waals surface area contributed by atoms with Crippen LogP contribution in [0.5, 0.6) is 0 Å². The molecule has 0 fully saturated rings. The highest BCUT2D eigenvalue weighted by Gasteiger charge is 2.27. The zero-order chi connectivity index (χ0) is 14.3. The fraction of sp³-hybridized carbons (Fsp3) is 0.231. The summed E-state index contributed by atoms with van der Waals surface area (Å²) in [6, 6.07) is 5.55. The molecule has 0 radical (unpaired) electrons. The molecule has 0 saturated carbocycles. The lowest BCUT2D eigenvalue weighted by Crippen LogP contribution is -2.42. The second kappa shape index (κ2) is 6.91. The Morgan fingerprint density at radius 3 is 2.53 bits per heavy atom. The molecule has 0 spiro atoms. The molecule has 6 nitrogen and oxygen atoms in total. The minimum Gasteiger partial charge on any atom is -0.476 e. The number of ether oxygens (including phenoxy) is 1. The molecule has 1 N–H and O–H groups in total. The summed E-state index contributed by atoms with van der Waals surface area (Å²) >= 11 is 0. The Labute approximate surface area is 110 Å². The van der Waals surface area contributed by atoms with Crippen LogP contribution in [-0.2, 0) is 14.3 Å². The highest BCUT2D eigenvalue weighted by Crippen LogP contribution is 2.06. The van der Waals surface area contributed by atoms with Gasteiger partial charge >= 0.3 is 11.9 Å². The third-order valence-electron chi connectivity index (χ3n) is 2.25. The first-order chi connectivity index (χ1) is 9.10. The van der Waals surface area contributed by atoms with E-state index in [9.17, 15) is 9.59 Å². The number of pyridine rings is 1. The second-order valence-corrected chi connectivity index (χ2v) is 3.52. The molecule has 1 aromatic heterocycles. The number of carboxylic acid groups (broad SMARTS) is 1. The van der Waals surface area contributed by atoms with Crippen molar-refractivity contribution in [2.24, 2.45) is 0 Å². The number of nitrogens with zero attached hydrogens (tertiary/aromatic N) is 2. The van der Waals surface area contributed by atoms with Crippen LogP contribution in [0.4, 0.5) is 0 Å². The molecule has 98 valence electrons. The normalized spacial score (nSPS) is 12.3. The number of aromatic nitrogens is 1.